The zero-order chi connectivity index (χ0) is 10.8. The summed E-state index contributed by atoms with van der Waals surface area (Å²) in [6.07, 6.45) is 5.94. The number of hydrogen-bond donors (Lipinski definition) is 0. The van der Waals surface area contributed by atoms with Gasteiger partial charge >= 0.3 is 0 Å². The van der Waals surface area contributed by atoms with Gasteiger partial charge in [0.1, 0.15) is 6.04 Å². The highest BCUT2D eigenvalue weighted by Gasteiger charge is 2.24. The lowest BCUT2D eigenvalue weighted by atomic mass is 10.3. The molecule has 0 spiro atoms. The van der Waals surface area contributed by atoms with Crippen molar-refractivity contribution in [1.82, 2.24) is 14.7 Å². The molecule has 4 nitrogen and oxygen atoms in total. The Morgan fingerprint density at radius 2 is 2.20 bits per heavy atom. The van der Waals surface area contributed by atoms with Crippen LogP contribution in [0.25, 0.3) is 0 Å². The monoisotopic (exact) mass is 319 g/mol. The van der Waals surface area contributed by atoms with E-state index in [4.69, 9.17) is 0 Å². The van der Waals surface area contributed by atoms with E-state index >= 15 is 0 Å². The molecule has 0 aliphatic carbocycles. The summed E-state index contributed by atoms with van der Waals surface area (Å²) < 4.78 is 2.80. The van der Waals surface area contributed by atoms with Crippen LogP contribution in [0.5, 0.6) is 0 Å². The molecule has 0 aromatic carbocycles. The molecule has 1 aliphatic rings. The van der Waals surface area contributed by atoms with E-state index in [2.05, 4.69) is 27.7 Å². The van der Waals surface area contributed by atoms with Crippen LogP contribution in [0.4, 0.5) is 0 Å². The lowest BCUT2D eigenvalue weighted by Crippen LogP contribution is -2.34. The average molecular weight is 319 g/mol. The Labute approximate surface area is 103 Å². The van der Waals surface area contributed by atoms with Gasteiger partial charge in [-0.25, -0.2) is 0 Å². The number of hydrogen-bond acceptors (Lipinski definition) is 2. The number of carbonyl (C=O) groups is 1. The summed E-state index contributed by atoms with van der Waals surface area (Å²) in [4.78, 5) is 13.9. The van der Waals surface area contributed by atoms with Gasteiger partial charge in [0.05, 0.1) is 9.77 Å². The van der Waals surface area contributed by atoms with Gasteiger partial charge in [0.25, 0.3) is 0 Å². The maximum absolute atomic E-state index is 12.0. The Morgan fingerprint density at radius 3 is 2.73 bits per heavy atom. The van der Waals surface area contributed by atoms with Crippen molar-refractivity contribution >= 4 is 28.5 Å². The van der Waals surface area contributed by atoms with Gasteiger partial charge in [-0.1, -0.05) is 0 Å². The normalized spacial score (nSPS) is 18.1. The summed E-state index contributed by atoms with van der Waals surface area (Å²) in [5, 5.41) is 4.17. The Bertz CT molecular complexity index is 357. The number of rotatable bonds is 2. The number of amides is 1. The second-order valence-electron chi connectivity index (χ2n) is 3.85. The van der Waals surface area contributed by atoms with E-state index in [1.165, 1.54) is 0 Å². The molecule has 1 amide bonds. The number of carbonyl (C=O) groups excluding carboxylic acids is 1. The number of likely N-dealkylation sites (tertiary alicyclic amines) is 1. The van der Waals surface area contributed by atoms with Gasteiger partial charge in [0.2, 0.25) is 5.91 Å². The third-order valence-corrected chi connectivity index (χ3v) is 3.30. The first-order valence-electron chi connectivity index (χ1n) is 5.17. The third kappa shape index (κ3) is 2.32. The zero-order valence-corrected chi connectivity index (χ0v) is 10.8. The van der Waals surface area contributed by atoms with Crippen molar-refractivity contribution in [3.63, 3.8) is 0 Å². The van der Waals surface area contributed by atoms with Gasteiger partial charge in [0.15, 0.2) is 0 Å². The van der Waals surface area contributed by atoms with E-state index in [1.807, 2.05) is 18.0 Å². The second-order valence-corrected chi connectivity index (χ2v) is 5.09. The van der Waals surface area contributed by atoms with Crippen LogP contribution in [-0.4, -0.2) is 33.7 Å². The predicted molar refractivity (Wildman–Crippen MR) is 65.5 cm³/mol. The molecule has 1 aromatic heterocycles. The van der Waals surface area contributed by atoms with Gasteiger partial charge < -0.3 is 4.90 Å². The van der Waals surface area contributed by atoms with Crippen molar-refractivity contribution in [3.05, 3.63) is 16.0 Å². The highest BCUT2D eigenvalue weighted by Crippen LogP contribution is 2.15. The summed E-state index contributed by atoms with van der Waals surface area (Å²) in [5.74, 6) is 0.187. The Kier molecular flexibility index (Phi) is 3.28. The highest BCUT2D eigenvalue weighted by molar-refractivity contribution is 14.1. The molecule has 1 aromatic rings. The molecule has 0 saturated carbocycles. The molecule has 1 atom stereocenters. The van der Waals surface area contributed by atoms with Crippen LogP contribution in [0, 0.1) is 3.57 Å². The first-order valence-corrected chi connectivity index (χ1v) is 6.25. The smallest absolute Gasteiger partial charge is 0.247 e. The van der Waals surface area contributed by atoms with Crippen LogP contribution >= 0.6 is 22.6 Å². The summed E-state index contributed by atoms with van der Waals surface area (Å²) in [7, 11) is 0. The van der Waals surface area contributed by atoms with Gasteiger partial charge in [0, 0.05) is 19.3 Å². The van der Waals surface area contributed by atoms with Crippen LogP contribution in [-0.2, 0) is 4.79 Å². The SMILES string of the molecule is C[C@H](C(=O)N1CCCC1)n1cc(I)cn1. The van der Waals surface area contributed by atoms with Gasteiger partial charge in [-0.2, -0.15) is 5.10 Å². The lowest BCUT2D eigenvalue weighted by Gasteiger charge is -2.20. The Balaban J connectivity index is 2.06. The molecule has 2 rings (SSSR count). The number of halogens is 1. The quantitative estimate of drug-likeness (QED) is 0.778. The van der Waals surface area contributed by atoms with Crippen LogP contribution in [0.15, 0.2) is 12.4 Å². The summed E-state index contributed by atoms with van der Waals surface area (Å²) >= 11 is 2.20. The fourth-order valence-corrected chi connectivity index (χ4v) is 2.25. The van der Waals surface area contributed by atoms with Gasteiger partial charge in [-0.3, -0.25) is 9.48 Å². The fourth-order valence-electron chi connectivity index (χ4n) is 1.84. The molecule has 0 radical (unpaired) electrons. The van der Waals surface area contributed by atoms with E-state index in [-0.39, 0.29) is 11.9 Å². The molecule has 1 fully saturated rings. The first-order chi connectivity index (χ1) is 7.18. The lowest BCUT2D eigenvalue weighted by molar-refractivity contribution is -0.133. The van der Waals surface area contributed by atoms with Gasteiger partial charge in [-0.05, 0) is 42.4 Å². The molecule has 2 heterocycles. The molecular weight excluding hydrogens is 305 g/mol. The summed E-state index contributed by atoms with van der Waals surface area (Å²) in [5.41, 5.74) is 0. The van der Waals surface area contributed by atoms with E-state index < -0.39 is 0 Å². The molecule has 1 saturated heterocycles. The van der Waals surface area contributed by atoms with E-state index in [0.29, 0.717) is 0 Å². The molecule has 0 N–H and O–H groups in total. The molecule has 0 bridgehead atoms. The van der Waals surface area contributed by atoms with Crippen molar-refractivity contribution in [3.8, 4) is 0 Å². The molecule has 15 heavy (non-hydrogen) atoms. The first kappa shape index (κ1) is 10.9. The van der Waals surface area contributed by atoms with E-state index in [1.54, 1.807) is 10.9 Å². The van der Waals surface area contributed by atoms with E-state index in [9.17, 15) is 4.79 Å². The molecule has 82 valence electrons. The standard InChI is InChI=1S/C10H14IN3O/c1-8(14-7-9(11)6-12-14)10(15)13-4-2-3-5-13/h6-8H,2-5H2,1H3/t8-/m1/s1. The predicted octanol–water partition coefficient (Wildman–Crippen LogP) is 1.67. The van der Waals surface area contributed by atoms with Crippen molar-refractivity contribution in [1.29, 1.82) is 0 Å². The minimum atomic E-state index is -0.174. The van der Waals surface area contributed by atoms with Crippen molar-refractivity contribution in [2.24, 2.45) is 0 Å². The van der Waals surface area contributed by atoms with Crippen molar-refractivity contribution in [2.45, 2.75) is 25.8 Å². The minimum Gasteiger partial charge on any atom is -0.341 e. The topological polar surface area (TPSA) is 38.1 Å². The molecule has 1 aliphatic heterocycles. The Hall–Kier alpha value is -0.590. The van der Waals surface area contributed by atoms with Crippen molar-refractivity contribution in [2.75, 3.05) is 13.1 Å². The average Bonchev–Trinajstić information content (AvgIpc) is 2.85. The van der Waals surface area contributed by atoms with Crippen LogP contribution in [0.2, 0.25) is 0 Å². The summed E-state index contributed by atoms with van der Waals surface area (Å²) in [6, 6.07) is -0.174. The van der Waals surface area contributed by atoms with Crippen LogP contribution in [0.3, 0.4) is 0 Å². The minimum absolute atomic E-state index is 0.174. The zero-order valence-electron chi connectivity index (χ0n) is 8.69. The van der Waals surface area contributed by atoms with Crippen LogP contribution < -0.4 is 0 Å². The third-order valence-electron chi connectivity index (χ3n) is 2.74. The largest absolute Gasteiger partial charge is 0.341 e. The molecule has 0 unspecified atom stereocenters. The Morgan fingerprint density at radius 1 is 1.53 bits per heavy atom. The highest BCUT2D eigenvalue weighted by atomic mass is 127. The molecule has 5 heteroatoms. The number of nitrogens with zero attached hydrogens (tertiary/aromatic N) is 3. The summed E-state index contributed by atoms with van der Waals surface area (Å²) in [6.45, 7) is 3.72. The second kappa shape index (κ2) is 4.51. The van der Waals surface area contributed by atoms with E-state index in [0.717, 1.165) is 29.5 Å². The number of aromatic nitrogens is 2. The fraction of sp³-hybridized carbons (Fsp3) is 0.600. The maximum atomic E-state index is 12.0. The van der Waals surface area contributed by atoms with Crippen LogP contribution in [0.1, 0.15) is 25.8 Å². The molecular formula is C10H14IN3O. The van der Waals surface area contributed by atoms with Gasteiger partial charge in [-0.15, -0.1) is 0 Å². The maximum Gasteiger partial charge on any atom is 0.247 e. The van der Waals surface area contributed by atoms with Crippen molar-refractivity contribution < 1.29 is 4.79 Å².